The van der Waals surface area contributed by atoms with E-state index in [0.29, 0.717) is 19.4 Å². The summed E-state index contributed by atoms with van der Waals surface area (Å²) >= 11 is 1.62. The molecule has 7 heteroatoms. The number of hydrogen-bond donors (Lipinski definition) is 1. The summed E-state index contributed by atoms with van der Waals surface area (Å²) in [6.07, 6.45) is 2.08. The van der Waals surface area contributed by atoms with Crippen LogP contribution in [0.5, 0.6) is 0 Å². The number of aliphatic hydroxyl groups is 1. The highest BCUT2D eigenvalue weighted by Crippen LogP contribution is 2.31. The van der Waals surface area contributed by atoms with Gasteiger partial charge in [0.05, 0.1) is 10.8 Å². The zero-order valence-electron chi connectivity index (χ0n) is 13.0. The highest BCUT2D eigenvalue weighted by atomic mass is 32.1. The van der Waals surface area contributed by atoms with E-state index in [4.69, 9.17) is 0 Å². The molecule has 2 fully saturated rings. The fourth-order valence-corrected chi connectivity index (χ4v) is 4.26. The molecule has 0 bridgehead atoms. The molecule has 0 amide bonds. The maximum atomic E-state index is 13.3. The van der Waals surface area contributed by atoms with Crippen LogP contribution in [0.2, 0.25) is 0 Å². The summed E-state index contributed by atoms with van der Waals surface area (Å²) in [5, 5.41) is 10.8. The molecule has 4 heterocycles. The molecule has 124 valence electrons. The lowest BCUT2D eigenvalue weighted by atomic mass is 10.1. The monoisotopic (exact) mass is 336 g/mol. The van der Waals surface area contributed by atoms with Gasteiger partial charge in [0.15, 0.2) is 10.8 Å². The van der Waals surface area contributed by atoms with Crippen LogP contribution >= 0.6 is 11.3 Å². The van der Waals surface area contributed by atoms with Gasteiger partial charge in [-0.1, -0.05) is 11.3 Å². The van der Waals surface area contributed by atoms with Crippen LogP contribution in [0.4, 0.5) is 15.3 Å². The Morgan fingerprint density at radius 1 is 1.09 bits per heavy atom. The Bertz CT molecular complexity index is 686. The first-order valence-electron chi connectivity index (χ1n) is 8.28. The van der Waals surface area contributed by atoms with Crippen molar-refractivity contribution in [2.75, 3.05) is 36.0 Å². The van der Waals surface area contributed by atoms with E-state index >= 15 is 0 Å². The van der Waals surface area contributed by atoms with Crippen molar-refractivity contribution in [2.45, 2.75) is 38.0 Å². The van der Waals surface area contributed by atoms with Gasteiger partial charge in [-0.3, -0.25) is 0 Å². The molecular weight excluding hydrogens is 315 g/mol. The zero-order chi connectivity index (χ0) is 15.8. The summed E-state index contributed by atoms with van der Waals surface area (Å²) < 4.78 is 14.3. The van der Waals surface area contributed by atoms with Crippen molar-refractivity contribution >= 4 is 32.6 Å². The largest absolute Gasteiger partial charge is 0.391 e. The second-order valence-electron chi connectivity index (χ2n) is 6.39. The standard InChI is InChI=1S/C16H21FN4OS/c17-11-5-8-20(9-6-11)14-4-3-13-15(18-14)19-16(23-13)21-7-1-2-12(22)10-21/h3-4,11-12,22H,1-2,5-10H2. The van der Waals surface area contributed by atoms with Crippen molar-refractivity contribution in [3.63, 3.8) is 0 Å². The first-order chi connectivity index (χ1) is 11.2. The Labute approximate surface area is 138 Å². The van der Waals surface area contributed by atoms with Crippen molar-refractivity contribution in [3.8, 4) is 0 Å². The first kappa shape index (κ1) is 15.1. The molecule has 0 aliphatic carbocycles. The number of rotatable bonds is 2. The summed E-state index contributed by atoms with van der Waals surface area (Å²) in [5.74, 6) is 0.889. The SMILES string of the molecule is OC1CCCN(c2nc3nc(N4CCC(F)CC4)ccc3s2)C1. The predicted molar refractivity (Wildman–Crippen MR) is 91.2 cm³/mol. The molecule has 0 aromatic carbocycles. The van der Waals surface area contributed by atoms with Crippen LogP contribution < -0.4 is 9.80 Å². The van der Waals surface area contributed by atoms with Gasteiger partial charge < -0.3 is 14.9 Å². The highest BCUT2D eigenvalue weighted by Gasteiger charge is 2.22. The number of piperidine rings is 2. The second-order valence-corrected chi connectivity index (χ2v) is 7.40. The molecule has 4 rings (SSSR count). The molecule has 0 spiro atoms. The van der Waals surface area contributed by atoms with Crippen LogP contribution in [0.1, 0.15) is 25.7 Å². The minimum Gasteiger partial charge on any atom is -0.391 e. The summed E-state index contributed by atoms with van der Waals surface area (Å²) in [6.45, 7) is 3.02. The molecule has 1 unspecified atom stereocenters. The fourth-order valence-electron chi connectivity index (χ4n) is 3.31. The molecule has 2 aromatic rings. The number of hydrogen-bond acceptors (Lipinski definition) is 6. The van der Waals surface area contributed by atoms with Crippen molar-refractivity contribution in [1.82, 2.24) is 9.97 Å². The molecule has 5 nitrogen and oxygen atoms in total. The van der Waals surface area contributed by atoms with E-state index in [1.807, 2.05) is 6.07 Å². The van der Waals surface area contributed by atoms with Crippen LogP contribution in [0.15, 0.2) is 12.1 Å². The van der Waals surface area contributed by atoms with Gasteiger partial charge in [0.2, 0.25) is 0 Å². The summed E-state index contributed by atoms with van der Waals surface area (Å²) in [4.78, 5) is 13.6. The average Bonchev–Trinajstić information content (AvgIpc) is 2.99. The molecule has 1 N–H and O–H groups in total. The number of fused-ring (bicyclic) bond motifs is 1. The lowest BCUT2D eigenvalue weighted by Crippen LogP contribution is -2.38. The highest BCUT2D eigenvalue weighted by molar-refractivity contribution is 7.22. The molecule has 0 radical (unpaired) electrons. The van der Waals surface area contributed by atoms with Crippen LogP contribution in [0.3, 0.4) is 0 Å². The molecule has 2 aliphatic heterocycles. The van der Waals surface area contributed by atoms with Gasteiger partial charge in [0.25, 0.3) is 0 Å². The third kappa shape index (κ3) is 3.12. The van der Waals surface area contributed by atoms with E-state index in [0.717, 1.165) is 53.8 Å². The molecule has 2 aliphatic rings. The number of nitrogens with zero attached hydrogens (tertiary/aromatic N) is 4. The zero-order valence-corrected chi connectivity index (χ0v) is 13.8. The smallest absolute Gasteiger partial charge is 0.188 e. The topological polar surface area (TPSA) is 52.5 Å². The number of pyridine rings is 1. The van der Waals surface area contributed by atoms with E-state index in [2.05, 4.69) is 25.8 Å². The second kappa shape index (κ2) is 6.20. The van der Waals surface area contributed by atoms with Gasteiger partial charge in [-0.05, 0) is 37.8 Å². The Kier molecular flexibility index (Phi) is 4.07. The third-order valence-corrected chi connectivity index (χ3v) is 5.71. The van der Waals surface area contributed by atoms with E-state index < -0.39 is 6.17 Å². The predicted octanol–water partition coefficient (Wildman–Crippen LogP) is 2.59. The number of alkyl halides is 1. The minimum absolute atomic E-state index is 0.263. The fraction of sp³-hybridized carbons (Fsp3) is 0.625. The average molecular weight is 336 g/mol. The first-order valence-corrected chi connectivity index (χ1v) is 9.10. The molecular formula is C16H21FN4OS. The van der Waals surface area contributed by atoms with E-state index in [1.54, 1.807) is 11.3 Å². The summed E-state index contributed by atoms with van der Waals surface area (Å²) in [7, 11) is 0. The van der Waals surface area contributed by atoms with Gasteiger partial charge in [-0.2, -0.15) is 4.98 Å². The van der Waals surface area contributed by atoms with Gasteiger partial charge in [-0.25, -0.2) is 9.37 Å². The molecule has 23 heavy (non-hydrogen) atoms. The third-order valence-electron chi connectivity index (χ3n) is 4.64. The van der Waals surface area contributed by atoms with Crippen LogP contribution in [0, 0.1) is 0 Å². The van der Waals surface area contributed by atoms with Gasteiger partial charge >= 0.3 is 0 Å². The number of halogens is 1. The summed E-state index contributed by atoms with van der Waals surface area (Å²) in [5.41, 5.74) is 0.755. The van der Waals surface area contributed by atoms with Crippen molar-refractivity contribution < 1.29 is 9.50 Å². The molecule has 2 aromatic heterocycles. The Hall–Kier alpha value is -1.47. The van der Waals surface area contributed by atoms with Gasteiger partial charge in [0.1, 0.15) is 12.0 Å². The maximum Gasteiger partial charge on any atom is 0.188 e. The van der Waals surface area contributed by atoms with E-state index in [1.165, 1.54) is 0 Å². The van der Waals surface area contributed by atoms with Crippen molar-refractivity contribution in [2.24, 2.45) is 0 Å². The Morgan fingerprint density at radius 2 is 1.91 bits per heavy atom. The van der Waals surface area contributed by atoms with Crippen molar-refractivity contribution in [1.29, 1.82) is 0 Å². The minimum atomic E-state index is -0.675. The molecule has 1 atom stereocenters. The quantitative estimate of drug-likeness (QED) is 0.913. The Morgan fingerprint density at radius 3 is 2.70 bits per heavy atom. The molecule has 0 saturated carbocycles. The number of anilines is 2. The number of aromatic nitrogens is 2. The number of thiazole rings is 1. The normalized spacial score (nSPS) is 23.7. The van der Waals surface area contributed by atoms with E-state index in [9.17, 15) is 9.50 Å². The maximum absolute atomic E-state index is 13.3. The van der Waals surface area contributed by atoms with Crippen molar-refractivity contribution in [3.05, 3.63) is 12.1 Å². The van der Waals surface area contributed by atoms with Crippen LogP contribution in [0.25, 0.3) is 10.3 Å². The Balaban J connectivity index is 1.57. The molecule has 2 saturated heterocycles. The lowest BCUT2D eigenvalue weighted by molar-refractivity contribution is 0.154. The van der Waals surface area contributed by atoms with Crippen LogP contribution in [-0.4, -0.2) is 53.5 Å². The lowest BCUT2D eigenvalue weighted by Gasteiger charge is -2.29. The summed E-state index contributed by atoms with van der Waals surface area (Å²) in [6, 6.07) is 4.06. The van der Waals surface area contributed by atoms with Gasteiger partial charge in [0, 0.05) is 26.2 Å². The number of aliphatic hydroxyl groups excluding tert-OH is 1. The van der Waals surface area contributed by atoms with Crippen LogP contribution in [-0.2, 0) is 0 Å². The van der Waals surface area contributed by atoms with E-state index in [-0.39, 0.29) is 6.10 Å². The number of β-amino-alcohol motifs (C(OH)–C–C–N with tert-alkyl or cyclic N) is 1. The van der Waals surface area contributed by atoms with Gasteiger partial charge in [-0.15, -0.1) is 0 Å².